The Bertz CT molecular complexity index is 55.4. The minimum atomic E-state index is 0.750. The first-order chi connectivity index (χ1) is 3.83. The SMILES string of the molecule is C=CO.CC=CCC. The fourth-order valence-corrected chi connectivity index (χ4v) is 0.236. The summed E-state index contributed by atoms with van der Waals surface area (Å²) < 4.78 is 0. The van der Waals surface area contributed by atoms with Crippen molar-refractivity contribution in [2.45, 2.75) is 20.3 Å². The third-order valence-electron chi connectivity index (χ3n) is 0.471. The molecule has 0 spiro atoms. The van der Waals surface area contributed by atoms with Gasteiger partial charge in [-0.2, -0.15) is 0 Å². The van der Waals surface area contributed by atoms with Crippen LogP contribution in [-0.4, -0.2) is 5.11 Å². The molecule has 0 unspecified atom stereocenters. The van der Waals surface area contributed by atoms with Crippen LogP contribution in [0.25, 0.3) is 0 Å². The lowest BCUT2D eigenvalue weighted by Gasteiger charge is -1.65. The predicted octanol–water partition coefficient (Wildman–Crippen LogP) is 2.66. The van der Waals surface area contributed by atoms with Crippen molar-refractivity contribution in [2.75, 3.05) is 0 Å². The quantitative estimate of drug-likeness (QED) is 0.410. The first-order valence-corrected chi connectivity index (χ1v) is 2.69. The van der Waals surface area contributed by atoms with Gasteiger partial charge in [0, 0.05) is 0 Å². The molecule has 8 heavy (non-hydrogen) atoms. The summed E-state index contributed by atoms with van der Waals surface area (Å²) in [6.45, 7) is 7.07. The van der Waals surface area contributed by atoms with Gasteiger partial charge in [0.2, 0.25) is 0 Å². The number of allylic oxidation sites excluding steroid dienone is 2. The fourth-order valence-electron chi connectivity index (χ4n) is 0.236. The molecule has 0 saturated heterocycles. The molecule has 0 fully saturated rings. The van der Waals surface area contributed by atoms with E-state index in [9.17, 15) is 0 Å². The lowest BCUT2D eigenvalue weighted by molar-refractivity contribution is 0.476. The molecular weight excluding hydrogens is 100 g/mol. The van der Waals surface area contributed by atoms with E-state index in [4.69, 9.17) is 5.11 Å². The highest BCUT2D eigenvalue weighted by Crippen LogP contribution is 1.73. The van der Waals surface area contributed by atoms with Crippen molar-refractivity contribution in [3.8, 4) is 0 Å². The van der Waals surface area contributed by atoms with E-state index < -0.39 is 0 Å². The summed E-state index contributed by atoms with van der Waals surface area (Å²) in [7, 11) is 0. The van der Waals surface area contributed by atoms with Crippen LogP contribution < -0.4 is 0 Å². The first-order valence-electron chi connectivity index (χ1n) is 2.69. The van der Waals surface area contributed by atoms with Crippen molar-refractivity contribution in [1.29, 1.82) is 0 Å². The van der Waals surface area contributed by atoms with Crippen molar-refractivity contribution in [3.63, 3.8) is 0 Å². The van der Waals surface area contributed by atoms with E-state index in [1.807, 2.05) is 6.92 Å². The smallest absolute Gasteiger partial charge is 0.0719 e. The van der Waals surface area contributed by atoms with Crippen molar-refractivity contribution >= 4 is 0 Å². The van der Waals surface area contributed by atoms with Crippen LogP contribution >= 0.6 is 0 Å². The third-order valence-corrected chi connectivity index (χ3v) is 0.471. The fraction of sp³-hybridized carbons (Fsp3) is 0.429. The summed E-state index contributed by atoms with van der Waals surface area (Å²) in [6.07, 6.45) is 6.09. The van der Waals surface area contributed by atoms with Crippen molar-refractivity contribution in [2.24, 2.45) is 0 Å². The summed E-state index contributed by atoms with van der Waals surface area (Å²) in [6, 6.07) is 0. The standard InChI is InChI=1S/C5H10.C2H4O/c1-3-5-4-2;1-2-3/h3,5H,4H2,1-2H3;2-3H,1H2. The zero-order valence-corrected chi connectivity index (χ0v) is 5.59. The molecule has 1 nitrogen and oxygen atoms in total. The van der Waals surface area contributed by atoms with Crippen molar-refractivity contribution < 1.29 is 5.11 Å². The zero-order valence-electron chi connectivity index (χ0n) is 5.59. The number of aliphatic hydroxyl groups is 1. The van der Waals surface area contributed by atoms with Crippen molar-refractivity contribution in [3.05, 3.63) is 25.0 Å². The molecule has 0 rings (SSSR count). The van der Waals surface area contributed by atoms with Gasteiger partial charge in [-0.1, -0.05) is 25.7 Å². The maximum absolute atomic E-state index is 7.33. The van der Waals surface area contributed by atoms with Crippen LogP contribution in [0.5, 0.6) is 0 Å². The van der Waals surface area contributed by atoms with Crippen LogP contribution in [-0.2, 0) is 0 Å². The number of rotatable bonds is 1. The zero-order chi connectivity index (χ0) is 6.83. The summed E-state index contributed by atoms with van der Waals surface area (Å²) >= 11 is 0. The topological polar surface area (TPSA) is 20.2 Å². The molecule has 0 aromatic carbocycles. The molecule has 0 aromatic rings. The second-order valence-electron chi connectivity index (χ2n) is 1.16. The van der Waals surface area contributed by atoms with Crippen LogP contribution in [0.4, 0.5) is 0 Å². The molecule has 0 heterocycles. The second-order valence-corrected chi connectivity index (χ2v) is 1.16. The number of hydrogen-bond acceptors (Lipinski definition) is 1. The summed E-state index contributed by atoms with van der Waals surface area (Å²) in [4.78, 5) is 0. The van der Waals surface area contributed by atoms with Crippen LogP contribution in [0.1, 0.15) is 20.3 Å². The lowest BCUT2D eigenvalue weighted by Crippen LogP contribution is -1.43. The minimum Gasteiger partial charge on any atom is -0.516 e. The molecule has 0 aromatic heterocycles. The van der Waals surface area contributed by atoms with Gasteiger partial charge in [-0.3, -0.25) is 0 Å². The van der Waals surface area contributed by atoms with Gasteiger partial charge in [0.1, 0.15) is 0 Å². The Kier molecular flexibility index (Phi) is 20.9. The molecular formula is C7H14O. The lowest BCUT2D eigenvalue weighted by atomic mass is 10.4. The molecule has 0 atom stereocenters. The molecule has 0 amide bonds. The molecule has 48 valence electrons. The summed E-state index contributed by atoms with van der Waals surface area (Å²) in [5, 5.41) is 7.33. The average molecular weight is 114 g/mol. The normalized spacial score (nSPS) is 7.75. The van der Waals surface area contributed by atoms with Gasteiger partial charge >= 0.3 is 0 Å². The third kappa shape index (κ3) is 59.0. The highest BCUT2D eigenvalue weighted by molar-refractivity contribution is 4.73. The molecule has 0 aliphatic rings. The Morgan fingerprint density at radius 1 is 1.62 bits per heavy atom. The first kappa shape index (κ1) is 10.3. The maximum atomic E-state index is 7.33. The highest BCUT2D eigenvalue weighted by Gasteiger charge is 1.52. The van der Waals surface area contributed by atoms with Gasteiger partial charge in [0.05, 0.1) is 6.26 Å². The van der Waals surface area contributed by atoms with E-state index in [1.165, 1.54) is 0 Å². The largest absolute Gasteiger partial charge is 0.516 e. The van der Waals surface area contributed by atoms with E-state index in [1.54, 1.807) is 0 Å². The van der Waals surface area contributed by atoms with Crippen molar-refractivity contribution in [1.82, 2.24) is 0 Å². The Hall–Kier alpha value is -0.720. The number of aliphatic hydroxyl groups excluding tert-OH is 1. The van der Waals surface area contributed by atoms with E-state index in [-0.39, 0.29) is 0 Å². The Morgan fingerprint density at radius 3 is 2.00 bits per heavy atom. The highest BCUT2D eigenvalue weighted by atomic mass is 16.2. The van der Waals surface area contributed by atoms with E-state index in [0.29, 0.717) is 0 Å². The molecule has 0 aliphatic heterocycles. The molecule has 0 saturated carbocycles. The van der Waals surface area contributed by atoms with E-state index in [0.717, 1.165) is 12.7 Å². The molecule has 0 radical (unpaired) electrons. The van der Waals surface area contributed by atoms with Gasteiger partial charge in [-0.15, -0.1) is 0 Å². The Labute approximate surface area is 51.3 Å². The Balaban J connectivity index is 0. The van der Waals surface area contributed by atoms with Gasteiger partial charge < -0.3 is 5.11 Å². The Morgan fingerprint density at radius 2 is 2.00 bits per heavy atom. The van der Waals surface area contributed by atoms with Gasteiger partial charge in [0.25, 0.3) is 0 Å². The molecule has 0 aliphatic carbocycles. The minimum absolute atomic E-state index is 0.750. The van der Waals surface area contributed by atoms with Gasteiger partial charge in [0.15, 0.2) is 0 Å². The van der Waals surface area contributed by atoms with Crippen LogP contribution in [0.2, 0.25) is 0 Å². The second kappa shape index (κ2) is 16.3. The summed E-state index contributed by atoms with van der Waals surface area (Å²) in [5.41, 5.74) is 0. The monoisotopic (exact) mass is 114 g/mol. The van der Waals surface area contributed by atoms with E-state index in [2.05, 4.69) is 25.7 Å². The van der Waals surface area contributed by atoms with Crippen LogP contribution in [0.15, 0.2) is 25.0 Å². The maximum Gasteiger partial charge on any atom is 0.0719 e. The van der Waals surface area contributed by atoms with Gasteiger partial charge in [-0.05, 0) is 13.3 Å². The molecule has 1 N–H and O–H groups in total. The van der Waals surface area contributed by atoms with Gasteiger partial charge in [-0.25, -0.2) is 0 Å². The number of hydrogen-bond donors (Lipinski definition) is 1. The molecule has 0 bridgehead atoms. The average Bonchev–Trinajstić information content (AvgIpc) is 1.71. The predicted molar refractivity (Wildman–Crippen MR) is 37.9 cm³/mol. The van der Waals surface area contributed by atoms with Crippen LogP contribution in [0, 0.1) is 0 Å². The summed E-state index contributed by atoms with van der Waals surface area (Å²) in [5.74, 6) is 0. The molecule has 1 heteroatoms. The van der Waals surface area contributed by atoms with E-state index >= 15 is 0 Å². The van der Waals surface area contributed by atoms with Crippen LogP contribution in [0.3, 0.4) is 0 Å².